The zero-order valence-electron chi connectivity index (χ0n) is 11.0. The molecule has 1 aromatic heterocycles. The van der Waals surface area contributed by atoms with Crippen molar-refractivity contribution >= 4 is 5.78 Å². The number of fused-ring (bicyclic) bond motifs is 1. The highest BCUT2D eigenvalue weighted by Gasteiger charge is 2.13. The van der Waals surface area contributed by atoms with Crippen LogP contribution in [-0.2, 0) is 26.4 Å². The molecular formula is C15H17N3O. The minimum atomic E-state index is 0.154. The molecule has 2 aromatic rings. The van der Waals surface area contributed by atoms with Gasteiger partial charge >= 0.3 is 0 Å². The lowest BCUT2D eigenvalue weighted by Gasteiger charge is -2.17. The van der Waals surface area contributed by atoms with Crippen molar-refractivity contribution in [2.75, 3.05) is 6.54 Å². The maximum atomic E-state index is 12.3. The number of hydrogen-bond acceptors (Lipinski definition) is 3. The van der Waals surface area contributed by atoms with Crippen LogP contribution >= 0.6 is 0 Å². The number of benzene rings is 1. The molecule has 0 saturated heterocycles. The molecule has 0 atom stereocenters. The molecular weight excluding hydrogens is 238 g/mol. The molecule has 0 amide bonds. The predicted octanol–water partition coefficient (Wildman–Crippen LogP) is 1.49. The molecule has 1 aromatic carbocycles. The van der Waals surface area contributed by atoms with Gasteiger partial charge in [-0.05, 0) is 35.7 Å². The van der Waals surface area contributed by atoms with Gasteiger partial charge in [0.05, 0.1) is 6.20 Å². The lowest BCUT2D eigenvalue weighted by molar-refractivity contribution is 0.0993. The molecule has 0 spiro atoms. The molecule has 3 rings (SSSR count). The van der Waals surface area contributed by atoms with Gasteiger partial charge in [-0.3, -0.25) is 9.48 Å². The van der Waals surface area contributed by atoms with Crippen LogP contribution in [0.5, 0.6) is 0 Å². The van der Waals surface area contributed by atoms with Crippen LogP contribution in [0.3, 0.4) is 0 Å². The molecule has 98 valence electrons. The summed E-state index contributed by atoms with van der Waals surface area (Å²) in [5.74, 6) is 0.154. The summed E-state index contributed by atoms with van der Waals surface area (Å²) >= 11 is 0. The second-order valence-electron chi connectivity index (χ2n) is 5.03. The number of nitrogens with one attached hydrogen (secondary N) is 1. The summed E-state index contributed by atoms with van der Waals surface area (Å²) in [6, 6.07) is 6.07. The average Bonchev–Trinajstić information content (AvgIpc) is 2.83. The molecule has 0 radical (unpaired) electrons. The summed E-state index contributed by atoms with van der Waals surface area (Å²) < 4.78 is 1.72. The Morgan fingerprint density at radius 1 is 1.42 bits per heavy atom. The van der Waals surface area contributed by atoms with Gasteiger partial charge in [-0.2, -0.15) is 5.10 Å². The fourth-order valence-corrected chi connectivity index (χ4v) is 2.50. The Bertz CT molecular complexity index is 616. The Hall–Kier alpha value is -1.94. The predicted molar refractivity (Wildman–Crippen MR) is 73.1 cm³/mol. The number of Topliss-reactive ketones (excluding diaryl/α,β-unsaturated/α-hetero) is 1. The maximum absolute atomic E-state index is 12.3. The van der Waals surface area contributed by atoms with Crippen molar-refractivity contribution in [3.8, 4) is 0 Å². The van der Waals surface area contributed by atoms with Crippen LogP contribution in [0.15, 0.2) is 30.6 Å². The van der Waals surface area contributed by atoms with Gasteiger partial charge in [0.15, 0.2) is 5.78 Å². The van der Waals surface area contributed by atoms with Gasteiger partial charge in [-0.1, -0.05) is 12.1 Å². The number of nitrogens with zero attached hydrogens (tertiary/aromatic N) is 2. The molecule has 0 unspecified atom stereocenters. The van der Waals surface area contributed by atoms with E-state index in [-0.39, 0.29) is 5.78 Å². The Morgan fingerprint density at radius 2 is 2.32 bits per heavy atom. The molecule has 4 nitrogen and oxygen atoms in total. The molecule has 1 aliphatic heterocycles. The third-order valence-corrected chi connectivity index (χ3v) is 3.54. The number of aromatic nitrogens is 2. The van der Waals surface area contributed by atoms with Gasteiger partial charge in [0.25, 0.3) is 0 Å². The number of hydrogen-bond donors (Lipinski definition) is 1. The quantitative estimate of drug-likeness (QED) is 0.845. The summed E-state index contributed by atoms with van der Waals surface area (Å²) in [4.78, 5) is 12.3. The van der Waals surface area contributed by atoms with Gasteiger partial charge in [-0.15, -0.1) is 0 Å². The second-order valence-corrected chi connectivity index (χ2v) is 5.03. The second kappa shape index (κ2) is 4.97. The van der Waals surface area contributed by atoms with E-state index < -0.39 is 0 Å². The lowest BCUT2D eigenvalue weighted by Crippen LogP contribution is -2.23. The smallest absolute Gasteiger partial charge is 0.167 e. The highest BCUT2D eigenvalue weighted by Crippen LogP contribution is 2.17. The first-order valence-electron chi connectivity index (χ1n) is 6.55. The fraction of sp³-hybridized carbons (Fsp3) is 0.333. The monoisotopic (exact) mass is 255 g/mol. The van der Waals surface area contributed by atoms with E-state index >= 15 is 0 Å². The number of rotatable bonds is 3. The van der Waals surface area contributed by atoms with Crippen molar-refractivity contribution in [3.63, 3.8) is 0 Å². The third-order valence-electron chi connectivity index (χ3n) is 3.54. The van der Waals surface area contributed by atoms with Crippen LogP contribution in [0.1, 0.15) is 27.0 Å². The fourth-order valence-electron chi connectivity index (χ4n) is 2.50. The SMILES string of the molecule is Cn1cc(CC(=O)c2ccc3c(c2)CNCC3)cn1. The van der Waals surface area contributed by atoms with Crippen molar-refractivity contribution < 1.29 is 4.79 Å². The number of ketones is 1. The first-order valence-corrected chi connectivity index (χ1v) is 6.55. The van der Waals surface area contributed by atoms with Crippen LogP contribution in [0.2, 0.25) is 0 Å². The van der Waals surface area contributed by atoms with E-state index in [4.69, 9.17) is 0 Å². The molecule has 19 heavy (non-hydrogen) atoms. The van der Waals surface area contributed by atoms with E-state index in [1.54, 1.807) is 10.9 Å². The Morgan fingerprint density at radius 3 is 3.11 bits per heavy atom. The zero-order chi connectivity index (χ0) is 13.2. The summed E-state index contributed by atoms with van der Waals surface area (Å²) in [5.41, 5.74) is 4.37. The van der Waals surface area contributed by atoms with Crippen LogP contribution in [-0.4, -0.2) is 22.1 Å². The summed E-state index contributed by atoms with van der Waals surface area (Å²) in [5, 5.41) is 7.42. The molecule has 2 heterocycles. The minimum Gasteiger partial charge on any atom is -0.312 e. The van der Waals surface area contributed by atoms with Gasteiger partial charge in [0, 0.05) is 31.8 Å². The normalized spacial score (nSPS) is 14.2. The summed E-state index contributed by atoms with van der Waals surface area (Å²) in [6.45, 7) is 1.89. The van der Waals surface area contributed by atoms with Gasteiger partial charge in [-0.25, -0.2) is 0 Å². The van der Waals surface area contributed by atoms with Crippen LogP contribution < -0.4 is 5.32 Å². The van der Waals surface area contributed by atoms with Crippen LogP contribution in [0, 0.1) is 0 Å². The van der Waals surface area contributed by atoms with Gasteiger partial charge in [0.1, 0.15) is 0 Å². The van der Waals surface area contributed by atoms with E-state index in [1.165, 1.54) is 11.1 Å². The third kappa shape index (κ3) is 2.58. The Kier molecular flexibility index (Phi) is 3.17. The van der Waals surface area contributed by atoms with Crippen molar-refractivity contribution in [1.29, 1.82) is 0 Å². The largest absolute Gasteiger partial charge is 0.312 e. The molecule has 1 N–H and O–H groups in total. The summed E-state index contributed by atoms with van der Waals surface area (Å²) in [6.07, 6.45) is 5.10. The van der Waals surface area contributed by atoms with E-state index in [1.807, 2.05) is 25.4 Å². The summed E-state index contributed by atoms with van der Waals surface area (Å²) in [7, 11) is 1.86. The van der Waals surface area contributed by atoms with Gasteiger partial charge < -0.3 is 5.32 Å². The molecule has 0 saturated carbocycles. The van der Waals surface area contributed by atoms with Crippen molar-refractivity contribution in [3.05, 3.63) is 52.8 Å². The van der Waals surface area contributed by atoms with Gasteiger partial charge in [0.2, 0.25) is 0 Å². The highest BCUT2D eigenvalue weighted by atomic mass is 16.1. The Labute approximate surface area is 112 Å². The lowest BCUT2D eigenvalue weighted by atomic mass is 9.96. The standard InChI is InChI=1S/C15H17N3O/c1-18-10-11(8-17-18)6-15(19)13-3-2-12-4-5-16-9-14(12)7-13/h2-3,7-8,10,16H,4-6,9H2,1H3. The molecule has 0 aliphatic carbocycles. The van der Waals surface area contributed by atoms with Crippen LogP contribution in [0.4, 0.5) is 0 Å². The van der Waals surface area contributed by atoms with Crippen LogP contribution in [0.25, 0.3) is 0 Å². The number of carbonyl (C=O) groups excluding carboxylic acids is 1. The zero-order valence-corrected chi connectivity index (χ0v) is 11.0. The topological polar surface area (TPSA) is 46.9 Å². The minimum absolute atomic E-state index is 0.154. The first kappa shape index (κ1) is 12.1. The maximum Gasteiger partial charge on any atom is 0.167 e. The first-order chi connectivity index (χ1) is 9.22. The molecule has 0 fully saturated rings. The Balaban J connectivity index is 1.80. The molecule has 1 aliphatic rings. The van der Waals surface area contributed by atoms with Crippen molar-refractivity contribution in [1.82, 2.24) is 15.1 Å². The number of aryl methyl sites for hydroxylation is 1. The highest BCUT2D eigenvalue weighted by molar-refractivity contribution is 5.97. The molecule has 0 bridgehead atoms. The van der Waals surface area contributed by atoms with E-state index in [0.717, 1.165) is 30.6 Å². The van der Waals surface area contributed by atoms with Crippen molar-refractivity contribution in [2.24, 2.45) is 7.05 Å². The number of carbonyl (C=O) groups is 1. The van der Waals surface area contributed by atoms with E-state index in [9.17, 15) is 4.79 Å². The average molecular weight is 255 g/mol. The van der Waals surface area contributed by atoms with E-state index in [2.05, 4.69) is 16.5 Å². The van der Waals surface area contributed by atoms with Crippen molar-refractivity contribution in [2.45, 2.75) is 19.4 Å². The van der Waals surface area contributed by atoms with E-state index in [0.29, 0.717) is 6.42 Å². The molecule has 4 heteroatoms.